The van der Waals surface area contributed by atoms with Gasteiger partial charge in [-0.3, -0.25) is 0 Å². The molecule has 0 radical (unpaired) electrons. The van der Waals surface area contributed by atoms with Gasteiger partial charge in [-0.25, -0.2) is 0 Å². The van der Waals surface area contributed by atoms with E-state index >= 15 is 0 Å². The predicted molar refractivity (Wildman–Crippen MR) is 76.5 cm³/mol. The van der Waals surface area contributed by atoms with Crippen molar-refractivity contribution in [2.45, 2.75) is 46.1 Å². The maximum absolute atomic E-state index is 12.8. The molecular formula is C15H21BF3O-. The summed E-state index contributed by atoms with van der Waals surface area (Å²) in [5.74, 6) is 1.78. The van der Waals surface area contributed by atoms with Crippen molar-refractivity contribution in [1.82, 2.24) is 0 Å². The number of rotatable bonds is 3. The van der Waals surface area contributed by atoms with Gasteiger partial charge in [0.15, 0.2) is 0 Å². The quantitative estimate of drug-likeness (QED) is 0.754. The third kappa shape index (κ3) is 3.71. The topological polar surface area (TPSA) is 9.23 Å². The SMILES string of the molecule is Cc1cc(OC2CC(C)CC(C)C2)ccc1[B-](F)(F)F. The molecule has 1 aliphatic carbocycles. The number of aryl methyl sites for hydroxylation is 1. The number of halogens is 3. The molecule has 1 aromatic carbocycles. The molecule has 0 aromatic heterocycles. The summed E-state index contributed by atoms with van der Waals surface area (Å²) in [5, 5.41) is 0. The van der Waals surface area contributed by atoms with Gasteiger partial charge in [-0.1, -0.05) is 25.5 Å². The third-order valence-corrected chi connectivity index (χ3v) is 4.03. The number of ether oxygens (including phenoxy) is 1. The molecule has 2 atom stereocenters. The molecule has 0 amide bonds. The number of benzene rings is 1. The standard InChI is InChI=1S/C15H21BF3O/c1-10-6-11(2)8-14(7-10)20-13-4-5-15(12(3)9-13)16(17,18)19/h4-5,9-11,14H,6-8H2,1-3H3/q-1. The van der Waals surface area contributed by atoms with Crippen LogP contribution in [-0.4, -0.2) is 13.1 Å². The first-order valence-corrected chi connectivity index (χ1v) is 7.23. The van der Waals surface area contributed by atoms with Crippen molar-refractivity contribution in [2.75, 3.05) is 0 Å². The molecule has 0 N–H and O–H groups in total. The Morgan fingerprint density at radius 2 is 1.65 bits per heavy atom. The first-order valence-electron chi connectivity index (χ1n) is 7.23. The van der Waals surface area contributed by atoms with E-state index in [2.05, 4.69) is 13.8 Å². The lowest BCUT2D eigenvalue weighted by molar-refractivity contribution is 0.101. The Morgan fingerprint density at radius 3 is 2.15 bits per heavy atom. The summed E-state index contributed by atoms with van der Waals surface area (Å²) in [4.78, 5) is 0. The van der Waals surface area contributed by atoms with E-state index in [1.165, 1.54) is 25.5 Å². The summed E-state index contributed by atoms with van der Waals surface area (Å²) in [6.45, 7) is 0.950. The Balaban J connectivity index is 2.09. The van der Waals surface area contributed by atoms with Crippen LogP contribution in [0.15, 0.2) is 18.2 Å². The summed E-state index contributed by atoms with van der Waals surface area (Å²) in [6, 6.07) is 4.09. The van der Waals surface area contributed by atoms with E-state index < -0.39 is 12.4 Å². The fourth-order valence-corrected chi connectivity index (χ4v) is 3.25. The molecule has 0 aliphatic heterocycles. The van der Waals surface area contributed by atoms with Crippen molar-refractivity contribution in [3.63, 3.8) is 0 Å². The molecule has 0 bridgehead atoms. The zero-order chi connectivity index (χ0) is 14.9. The lowest BCUT2D eigenvalue weighted by Crippen LogP contribution is -2.36. The van der Waals surface area contributed by atoms with Gasteiger partial charge in [0, 0.05) is 0 Å². The Morgan fingerprint density at radius 1 is 1.05 bits per heavy atom. The highest BCUT2D eigenvalue weighted by molar-refractivity contribution is 6.74. The molecule has 2 unspecified atom stereocenters. The summed E-state index contributed by atoms with van der Waals surface area (Å²) in [6.07, 6.45) is 3.28. The average Bonchev–Trinajstić information content (AvgIpc) is 2.25. The molecule has 1 saturated carbocycles. The van der Waals surface area contributed by atoms with Crippen LogP contribution in [-0.2, 0) is 0 Å². The minimum absolute atomic E-state index is 0.121. The van der Waals surface area contributed by atoms with Crippen molar-refractivity contribution < 1.29 is 17.7 Å². The first-order chi connectivity index (χ1) is 9.25. The van der Waals surface area contributed by atoms with E-state index in [0.717, 1.165) is 18.9 Å². The van der Waals surface area contributed by atoms with Gasteiger partial charge >= 0.3 is 6.98 Å². The van der Waals surface area contributed by atoms with Gasteiger partial charge in [-0.05, 0) is 50.2 Å². The maximum Gasteiger partial charge on any atom is 0.509 e. The average molecular weight is 285 g/mol. The molecular weight excluding hydrogens is 264 g/mol. The van der Waals surface area contributed by atoms with Crippen molar-refractivity contribution in [2.24, 2.45) is 11.8 Å². The van der Waals surface area contributed by atoms with Gasteiger partial charge < -0.3 is 17.7 Å². The van der Waals surface area contributed by atoms with E-state index in [1.807, 2.05) is 0 Å². The fourth-order valence-electron chi connectivity index (χ4n) is 3.25. The van der Waals surface area contributed by atoms with Crippen LogP contribution >= 0.6 is 0 Å². The molecule has 0 heterocycles. The first kappa shape index (κ1) is 15.3. The van der Waals surface area contributed by atoms with Crippen LogP contribution in [0.3, 0.4) is 0 Å². The second kappa shape index (κ2) is 5.70. The lowest BCUT2D eigenvalue weighted by atomic mass is 9.77. The molecule has 1 nitrogen and oxygen atoms in total. The molecule has 1 aromatic rings. The predicted octanol–water partition coefficient (Wildman–Crippen LogP) is 4.25. The van der Waals surface area contributed by atoms with E-state index in [9.17, 15) is 12.9 Å². The highest BCUT2D eigenvalue weighted by atomic mass is 19.4. The van der Waals surface area contributed by atoms with Crippen LogP contribution in [0.4, 0.5) is 12.9 Å². The second-order valence-corrected chi connectivity index (χ2v) is 6.25. The third-order valence-electron chi connectivity index (χ3n) is 4.03. The monoisotopic (exact) mass is 285 g/mol. The second-order valence-electron chi connectivity index (χ2n) is 6.25. The smallest absolute Gasteiger partial charge is 0.490 e. The zero-order valence-electron chi connectivity index (χ0n) is 12.2. The van der Waals surface area contributed by atoms with E-state index in [-0.39, 0.29) is 11.7 Å². The van der Waals surface area contributed by atoms with E-state index in [1.54, 1.807) is 0 Å². The van der Waals surface area contributed by atoms with Gasteiger partial charge in [-0.15, -0.1) is 5.46 Å². The molecule has 20 heavy (non-hydrogen) atoms. The Labute approximate surface area is 118 Å². The molecule has 5 heteroatoms. The van der Waals surface area contributed by atoms with Crippen molar-refractivity contribution in [3.8, 4) is 5.75 Å². The van der Waals surface area contributed by atoms with Gasteiger partial charge in [-0.2, -0.15) is 0 Å². The van der Waals surface area contributed by atoms with Crippen LogP contribution in [0.1, 0.15) is 38.7 Å². The van der Waals surface area contributed by atoms with Gasteiger partial charge in [0.2, 0.25) is 0 Å². The zero-order valence-corrected chi connectivity index (χ0v) is 12.2. The van der Waals surface area contributed by atoms with Crippen LogP contribution in [0.5, 0.6) is 5.75 Å². The van der Waals surface area contributed by atoms with E-state index in [0.29, 0.717) is 17.6 Å². The van der Waals surface area contributed by atoms with Crippen LogP contribution in [0.25, 0.3) is 0 Å². The summed E-state index contributed by atoms with van der Waals surface area (Å²) in [5.41, 5.74) is -0.283. The maximum atomic E-state index is 12.8. The summed E-state index contributed by atoms with van der Waals surface area (Å²) in [7, 11) is 0. The summed E-state index contributed by atoms with van der Waals surface area (Å²) < 4.78 is 44.2. The Hall–Kier alpha value is -1.13. The Bertz CT molecular complexity index is 463. The van der Waals surface area contributed by atoms with Crippen molar-refractivity contribution in [3.05, 3.63) is 23.8 Å². The van der Waals surface area contributed by atoms with Crippen LogP contribution in [0.2, 0.25) is 0 Å². The van der Waals surface area contributed by atoms with Crippen molar-refractivity contribution in [1.29, 1.82) is 0 Å². The highest BCUT2D eigenvalue weighted by Crippen LogP contribution is 2.31. The molecule has 0 saturated heterocycles. The van der Waals surface area contributed by atoms with Gasteiger partial charge in [0.25, 0.3) is 0 Å². The Kier molecular flexibility index (Phi) is 4.35. The lowest BCUT2D eigenvalue weighted by Gasteiger charge is -2.32. The number of hydrogen-bond donors (Lipinski definition) is 0. The van der Waals surface area contributed by atoms with Crippen LogP contribution < -0.4 is 10.2 Å². The van der Waals surface area contributed by atoms with Gasteiger partial charge in [0.1, 0.15) is 5.75 Å². The molecule has 1 aliphatic rings. The molecule has 1 fully saturated rings. The normalized spacial score (nSPS) is 27.4. The highest BCUT2D eigenvalue weighted by Gasteiger charge is 2.28. The van der Waals surface area contributed by atoms with Gasteiger partial charge in [0.05, 0.1) is 6.10 Å². The minimum Gasteiger partial charge on any atom is -0.490 e. The summed E-state index contributed by atoms with van der Waals surface area (Å²) >= 11 is 0. The van der Waals surface area contributed by atoms with Crippen molar-refractivity contribution >= 4 is 12.4 Å². The largest absolute Gasteiger partial charge is 0.509 e. The molecule has 2 rings (SSSR count). The minimum atomic E-state index is -4.94. The molecule has 0 spiro atoms. The fraction of sp³-hybridized carbons (Fsp3) is 0.600. The number of hydrogen-bond acceptors (Lipinski definition) is 1. The van der Waals surface area contributed by atoms with E-state index in [4.69, 9.17) is 4.74 Å². The van der Waals surface area contributed by atoms with Crippen LogP contribution in [0, 0.1) is 18.8 Å². The molecule has 112 valence electrons.